The van der Waals surface area contributed by atoms with Crippen LogP contribution in [-0.2, 0) is 27.2 Å². The standard InChI is InChI=1S/C25H32F3N5O3S/c1-23(2,3)19(32-22(36)25(26,27)28)21(35)33-10-13-17(24(13,4)5)18(33)20(34)31-15(9-29)12-6-7-16-14(8-12)30-11-37-16/h11-13,15,17-19H,6-8,10H2,1-5H3,(H,31,34)(H,32,36)/t12?,13-,15?,17-,18-,19?/m0/s1. The molecule has 0 radical (unpaired) electrons. The highest BCUT2D eigenvalue weighted by atomic mass is 32.1. The molecule has 1 aromatic rings. The summed E-state index contributed by atoms with van der Waals surface area (Å²) in [7, 11) is 0. The van der Waals surface area contributed by atoms with Gasteiger partial charge in [0.25, 0.3) is 0 Å². The van der Waals surface area contributed by atoms with E-state index in [-0.39, 0.29) is 29.7 Å². The van der Waals surface area contributed by atoms with Crippen molar-refractivity contribution < 1.29 is 27.6 Å². The molecule has 0 aromatic carbocycles. The normalized spacial score (nSPS) is 27.8. The van der Waals surface area contributed by atoms with Gasteiger partial charge in [0.05, 0.1) is 17.3 Å². The first-order valence-electron chi connectivity index (χ1n) is 12.4. The Labute approximate surface area is 218 Å². The van der Waals surface area contributed by atoms with E-state index in [1.165, 1.54) is 9.78 Å². The molecule has 0 spiro atoms. The summed E-state index contributed by atoms with van der Waals surface area (Å²) >= 11 is 1.57. The number of rotatable bonds is 5. The minimum atomic E-state index is -5.15. The predicted octanol–water partition coefficient (Wildman–Crippen LogP) is 2.83. The molecule has 3 aliphatic rings. The number of hydrogen-bond donors (Lipinski definition) is 2. The summed E-state index contributed by atoms with van der Waals surface area (Å²) in [6.07, 6.45) is -3.09. The maximum absolute atomic E-state index is 13.6. The van der Waals surface area contributed by atoms with Gasteiger partial charge in [-0.3, -0.25) is 14.4 Å². The molecule has 202 valence electrons. The van der Waals surface area contributed by atoms with E-state index in [2.05, 4.69) is 16.4 Å². The van der Waals surface area contributed by atoms with Gasteiger partial charge in [0, 0.05) is 11.4 Å². The SMILES string of the molecule is CC(C)(C)C(NC(=O)C(F)(F)F)C(=O)N1C[C@H]2[C@@H]([C@H]1C(=O)NC(C#N)C1CCc3scnc3C1)C2(C)C. The molecule has 1 aliphatic heterocycles. The van der Waals surface area contributed by atoms with Crippen LogP contribution in [0.25, 0.3) is 0 Å². The van der Waals surface area contributed by atoms with E-state index >= 15 is 0 Å². The van der Waals surface area contributed by atoms with Crippen molar-refractivity contribution in [3.05, 3.63) is 16.1 Å². The highest BCUT2D eigenvalue weighted by molar-refractivity contribution is 7.09. The van der Waals surface area contributed by atoms with Crippen molar-refractivity contribution >= 4 is 29.1 Å². The second-order valence-electron chi connectivity index (χ2n) is 12.0. The number of nitriles is 1. The zero-order valence-electron chi connectivity index (χ0n) is 21.5. The summed E-state index contributed by atoms with van der Waals surface area (Å²) in [6.45, 7) is 8.86. The molecule has 2 heterocycles. The minimum absolute atomic E-state index is 0.00100. The van der Waals surface area contributed by atoms with E-state index < -0.39 is 47.4 Å². The predicted molar refractivity (Wildman–Crippen MR) is 129 cm³/mol. The topological polar surface area (TPSA) is 115 Å². The molecule has 1 aromatic heterocycles. The fourth-order valence-corrected chi connectivity index (χ4v) is 6.76. The third-order valence-corrected chi connectivity index (χ3v) is 9.17. The van der Waals surface area contributed by atoms with Crippen molar-refractivity contribution in [2.45, 2.75) is 78.2 Å². The maximum Gasteiger partial charge on any atom is 0.471 e. The third-order valence-electron chi connectivity index (χ3n) is 8.24. The van der Waals surface area contributed by atoms with E-state index in [1.807, 2.05) is 19.2 Å². The van der Waals surface area contributed by atoms with E-state index in [0.29, 0.717) is 12.8 Å². The van der Waals surface area contributed by atoms with E-state index in [4.69, 9.17) is 0 Å². The zero-order chi connectivity index (χ0) is 27.5. The number of halogens is 3. The van der Waals surface area contributed by atoms with Gasteiger partial charge in [-0.1, -0.05) is 34.6 Å². The number of aryl methyl sites for hydroxylation is 1. The Morgan fingerprint density at radius 1 is 1.24 bits per heavy atom. The number of nitrogens with zero attached hydrogens (tertiary/aromatic N) is 3. The van der Waals surface area contributed by atoms with Gasteiger partial charge in [-0.25, -0.2) is 4.98 Å². The number of carbonyl (C=O) groups is 3. The summed E-state index contributed by atoms with van der Waals surface area (Å²) in [4.78, 5) is 45.8. The number of thiazole rings is 1. The fraction of sp³-hybridized carbons (Fsp3) is 0.720. The highest BCUT2D eigenvalue weighted by Gasteiger charge is 2.70. The molecule has 3 amide bonds. The monoisotopic (exact) mass is 539 g/mol. The van der Waals surface area contributed by atoms with Crippen LogP contribution >= 0.6 is 11.3 Å². The van der Waals surface area contributed by atoms with Crippen LogP contribution in [-0.4, -0.2) is 58.5 Å². The third kappa shape index (κ3) is 5.07. The molecule has 1 saturated heterocycles. The van der Waals surface area contributed by atoms with Crippen molar-refractivity contribution in [3.8, 4) is 6.07 Å². The van der Waals surface area contributed by atoms with Crippen LogP contribution < -0.4 is 10.6 Å². The van der Waals surface area contributed by atoms with Crippen molar-refractivity contribution in [2.75, 3.05) is 6.54 Å². The van der Waals surface area contributed by atoms with E-state index in [9.17, 15) is 32.8 Å². The second-order valence-corrected chi connectivity index (χ2v) is 12.9. The molecule has 37 heavy (non-hydrogen) atoms. The second kappa shape index (κ2) is 9.26. The quantitative estimate of drug-likeness (QED) is 0.597. The Bertz CT molecular complexity index is 1140. The summed E-state index contributed by atoms with van der Waals surface area (Å²) in [6, 6.07) is -1.01. The molecule has 2 fully saturated rings. The molecule has 6 atom stereocenters. The maximum atomic E-state index is 13.6. The van der Waals surface area contributed by atoms with Crippen molar-refractivity contribution in [1.82, 2.24) is 20.5 Å². The molecule has 2 aliphatic carbocycles. The summed E-state index contributed by atoms with van der Waals surface area (Å²) in [5.74, 6) is -3.74. The molecule has 2 N–H and O–H groups in total. The van der Waals surface area contributed by atoms with Gasteiger partial charge in [0.1, 0.15) is 18.1 Å². The Hall–Kier alpha value is -2.68. The average molecular weight is 540 g/mol. The lowest BCUT2D eigenvalue weighted by Gasteiger charge is -2.38. The molecule has 0 bridgehead atoms. The van der Waals surface area contributed by atoms with E-state index in [0.717, 1.165) is 12.1 Å². The Morgan fingerprint density at radius 2 is 1.92 bits per heavy atom. The van der Waals surface area contributed by atoms with Gasteiger partial charge in [-0.2, -0.15) is 18.4 Å². The first kappa shape index (κ1) is 27.4. The number of nitrogens with one attached hydrogen (secondary N) is 2. The molecule has 12 heteroatoms. The minimum Gasteiger partial charge on any atom is -0.338 e. The molecular formula is C25H32F3N5O3S. The molecular weight excluding hydrogens is 507 g/mol. The number of amides is 3. The summed E-state index contributed by atoms with van der Waals surface area (Å²) < 4.78 is 39.0. The number of fused-ring (bicyclic) bond motifs is 2. The molecule has 4 rings (SSSR count). The van der Waals surface area contributed by atoms with Gasteiger partial charge in [0.2, 0.25) is 11.8 Å². The molecule has 3 unspecified atom stereocenters. The smallest absolute Gasteiger partial charge is 0.338 e. The first-order chi connectivity index (χ1) is 17.1. The number of hydrogen-bond acceptors (Lipinski definition) is 6. The van der Waals surface area contributed by atoms with Crippen LogP contribution in [0.4, 0.5) is 13.2 Å². The van der Waals surface area contributed by atoms with Crippen LogP contribution in [0.5, 0.6) is 0 Å². The van der Waals surface area contributed by atoms with Gasteiger partial charge < -0.3 is 15.5 Å². The molecule has 8 nitrogen and oxygen atoms in total. The van der Waals surface area contributed by atoms with Gasteiger partial charge >= 0.3 is 12.1 Å². The number of alkyl halides is 3. The van der Waals surface area contributed by atoms with Crippen molar-refractivity contribution in [1.29, 1.82) is 5.26 Å². The lowest BCUT2D eigenvalue weighted by molar-refractivity contribution is -0.176. The van der Waals surface area contributed by atoms with Crippen molar-refractivity contribution in [3.63, 3.8) is 0 Å². The van der Waals surface area contributed by atoms with E-state index in [1.54, 1.807) is 37.6 Å². The Kier molecular flexibility index (Phi) is 6.84. The average Bonchev–Trinajstić information content (AvgIpc) is 3.21. The molecule has 1 saturated carbocycles. The summed E-state index contributed by atoms with van der Waals surface area (Å²) in [5, 5.41) is 14.6. The van der Waals surface area contributed by atoms with Crippen LogP contribution in [0, 0.1) is 39.9 Å². The Morgan fingerprint density at radius 3 is 2.51 bits per heavy atom. The van der Waals surface area contributed by atoms with Gasteiger partial charge in [0.15, 0.2) is 0 Å². The van der Waals surface area contributed by atoms with Crippen LogP contribution in [0.1, 0.15) is 51.6 Å². The van der Waals surface area contributed by atoms with Gasteiger partial charge in [-0.15, -0.1) is 11.3 Å². The van der Waals surface area contributed by atoms with Crippen molar-refractivity contribution in [2.24, 2.45) is 28.6 Å². The number of likely N-dealkylation sites (tertiary alicyclic amines) is 1. The first-order valence-corrected chi connectivity index (χ1v) is 13.2. The zero-order valence-corrected chi connectivity index (χ0v) is 22.3. The van der Waals surface area contributed by atoms with Gasteiger partial charge in [-0.05, 0) is 47.8 Å². The Balaban J connectivity index is 1.54. The lowest BCUT2D eigenvalue weighted by atomic mass is 9.84. The number of piperidine rings is 1. The lowest BCUT2D eigenvalue weighted by Crippen LogP contribution is -2.61. The fourth-order valence-electron chi connectivity index (χ4n) is 5.95. The number of aromatic nitrogens is 1. The largest absolute Gasteiger partial charge is 0.471 e. The highest BCUT2D eigenvalue weighted by Crippen LogP contribution is 2.65. The summed E-state index contributed by atoms with van der Waals surface area (Å²) in [5.41, 5.74) is 1.44. The van der Waals surface area contributed by atoms with Crippen LogP contribution in [0.2, 0.25) is 0 Å². The van der Waals surface area contributed by atoms with Crippen LogP contribution in [0.15, 0.2) is 5.51 Å². The number of carbonyl (C=O) groups excluding carboxylic acids is 3. The van der Waals surface area contributed by atoms with Crippen LogP contribution in [0.3, 0.4) is 0 Å².